The van der Waals surface area contributed by atoms with E-state index in [9.17, 15) is 18.5 Å². The Hall–Kier alpha value is -2.32. The molecule has 1 aromatic heterocycles. The SMILES string of the molecule is CCCCS(=O)CC(COC(=O)CSc1nc(-c2ccc(Br)cc2)cc(-c2ccccc2)c1C#N)S(=O)CCCC. The van der Waals surface area contributed by atoms with Crippen LogP contribution in [0, 0.1) is 11.3 Å². The third-order valence-electron chi connectivity index (χ3n) is 6.25. The fourth-order valence-electron chi connectivity index (χ4n) is 3.95. The van der Waals surface area contributed by atoms with E-state index >= 15 is 0 Å². The number of aromatic nitrogens is 1. The Kier molecular flexibility index (Phi) is 14.2. The fourth-order valence-corrected chi connectivity index (χ4v) is 8.49. The van der Waals surface area contributed by atoms with Gasteiger partial charge in [-0.05, 0) is 36.6 Å². The second kappa shape index (κ2) is 17.6. The number of halogens is 1. The van der Waals surface area contributed by atoms with E-state index < -0.39 is 32.8 Å². The molecule has 0 radical (unpaired) electrons. The Balaban J connectivity index is 1.78. The van der Waals surface area contributed by atoms with E-state index in [1.54, 1.807) is 0 Å². The molecule has 6 nitrogen and oxygen atoms in total. The van der Waals surface area contributed by atoms with E-state index in [-0.39, 0.29) is 18.1 Å². The molecule has 0 saturated carbocycles. The van der Waals surface area contributed by atoms with Crippen molar-refractivity contribution in [3.05, 3.63) is 70.7 Å². The molecule has 0 saturated heterocycles. The van der Waals surface area contributed by atoms with Crippen molar-refractivity contribution in [3.8, 4) is 28.5 Å². The summed E-state index contributed by atoms with van der Waals surface area (Å²) in [6.45, 7) is 4.03. The molecule has 0 aliphatic carbocycles. The fraction of sp³-hybridized carbons (Fsp3) is 0.387. The maximum Gasteiger partial charge on any atom is 0.316 e. The first-order valence-electron chi connectivity index (χ1n) is 13.6. The van der Waals surface area contributed by atoms with Gasteiger partial charge in [-0.15, -0.1) is 0 Å². The van der Waals surface area contributed by atoms with Crippen LogP contribution in [0.3, 0.4) is 0 Å². The molecule has 3 unspecified atom stereocenters. The van der Waals surface area contributed by atoms with Gasteiger partial charge < -0.3 is 4.74 Å². The number of thioether (sulfide) groups is 1. The Morgan fingerprint density at radius 2 is 1.71 bits per heavy atom. The minimum atomic E-state index is -1.23. The van der Waals surface area contributed by atoms with Crippen LogP contribution in [0.4, 0.5) is 0 Å². The number of nitrogens with zero attached hydrogens (tertiary/aromatic N) is 2. The summed E-state index contributed by atoms with van der Waals surface area (Å²) in [6, 6.07) is 21.5. The summed E-state index contributed by atoms with van der Waals surface area (Å²) in [5.41, 5.74) is 3.57. The van der Waals surface area contributed by atoms with Crippen LogP contribution < -0.4 is 0 Å². The lowest BCUT2D eigenvalue weighted by atomic mass is 9.99. The second-order valence-electron chi connectivity index (χ2n) is 9.42. The average Bonchev–Trinajstić information content (AvgIpc) is 3.00. The lowest BCUT2D eigenvalue weighted by molar-refractivity contribution is -0.140. The number of carbonyl (C=O) groups excluding carboxylic acids is 1. The lowest BCUT2D eigenvalue weighted by Gasteiger charge is -2.17. The highest BCUT2D eigenvalue weighted by molar-refractivity contribution is 9.10. The van der Waals surface area contributed by atoms with Crippen molar-refractivity contribution in [2.75, 3.05) is 29.6 Å². The van der Waals surface area contributed by atoms with Crippen molar-refractivity contribution < 1.29 is 17.9 Å². The van der Waals surface area contributed by atoms with Gasteiger partial charge in [0.1, 0.15) is 17.7 Å². The van der Waals surface area contributed by atoms with Crippen molar-refractivity contribution in [3.63, 3.8) is 0 Å². The Morgan fingerprint density at radius 1 is 1.02 bits per heavy atom. The summed E-state index contributed by atoms with van der Waals surface area (Å²) in [4.78, 5) is 17.6. The number of benzene rings is 2. The molecule has 41 heavy (non-hydrogen) atoms. The summed E-state index contributed by atoms with van der Waals surface area (Å²) in [5, 5.41) is 10.1. The van der Waals surface area contributed by atoms with Gasteiger partial charge in [0.15, 0.2) is 0 Å². The molecule has 2 aromatic carbocycles. The number of nitriles is 1. The molecule has 0 spiro atoms. The predicted molar refractivity (Wildman–Crippen MR) is 174 cm³/mol. The minimum absolute atomic E-state index is 0.0414. The Morgan fingerprint density at radius 3 is 2.37 bits per heavy atom. The van der Waals surface area contributed by atoms with Crippen LogP contribution in [-0.2, 0) is 31.1 Å². The van der Waals surface area contributed by atoms with Gasteiger partial charge in [0, 0.05) is 54.5 Å². The minimum Gasteiger partial charge on any atom is -0.464 e. The highest BCUT2D eigenvalue weighted by Crippen LogP contribution is 2.34. The monoisotopic (exact) mass is 674 g/mol. The van der Waals surface area contributed by atoms with E-state index in [4.69, 9.17) is 9.72 Å². The van der Waals surface area contributed by atoms with E-state index in [1.807, 2.05) is 74.5 Å². The van der Waals surface area contributed by atoms with Crippen molar-refractivity contribution in [2.24, 2.45) is 0 Å². The number of carbonyl (C=O) groups is 1. The zero-order chi connectivity index (χ0) is 29.6. The summed E-state index contributed by atoms with van der Waals surface area (Å²) in [6.07, 6.45) is 3.49. The zero-order valence-electron chi connectivity index (χ0n) is 23.3. The molecule has 0 fully saturated rings. The Bertz CT molecular complexity index is 1380. The van der Waals surface area contributed by atoms with Crippen molar-refractivity contribution in [1.29, 1.82) is 5.26 Å². The molecule has 218 valence electrons. The first-order valence-corrected chi connectivity index (χ1v) is 18.3. The molecule has 3 atom stereocenters. The number of hydrogen-bond acceptors (Lipinski definition) is 7. The first kappa shape index (κ1) is 33.2. The van der Waals surface area contributed by atoms with Gasteiger partial charge in [0.25, 0.3) is 0 Å². The summed E-state index contributed by atoms with van der Waals surface area (Å²) >= 11 is 4.61. The molecule has 0 bridgehead atoms. The number of unbranched alkanes of at least 4 members (excludes halogenated alkanes) is 2. The van der Waals surface area contributed by atoms with Gasteiger partial charge in [-0.2, -0.15) is 5.26 Å². The van der Waals surface area contributed by atoms with Crippen LogP contribution in [0.2, 0.25) is 0 Å². The van der Waals surface area contributed by atoms with Gasteiger partial charge in [0.2, 0.25) is 0 Å². The van der Waals surface area contributed by atoms with E-state index in [0.717, 1.165) is 58.6 Å². The van der Waals surface area contributed by atoms with Crippen molar-refractivity contribution in [1.82, 2.24) is 4.98 Å². The third kappa shape index (κ3) is 10.5. The van der Waals surface area contributed by atoms with Gasteiger partial charge >= 0.3 is 5.97 Å². The number of pyridine rings is 1. The van der Waals surface area contributed by atoms with Crippen LogP contribution in [0.5, 0.6) is 0 Å². The quantitative estimate of drug-likeness (QED) is 0.118. The van der Waals surface area contributed by atoms with Crippen molar-refractivity contribution >= 4 is 55.3 Å². The van der Waals surface area contributed by atoms with Gasteiger partial charge in [0.05, 0.1) is 22.3 Å². The molecule has 10 heteroatoms. The molecule has 3 aromatic rings. The molecular formula is C31H35BrN2O4S3. The van der Waals surface area contributed by atoms with Gasteiger partial charge in [-0.1, -0.05) is 96.8 Å². The van der Waals surface area contributed by atoms with E-state index in [2.05, 4.69) is 22.0 Å². The largest absolute Gasteiger partial charge is 0.464 e. The normalized spacial score (nSPS) is 13.2. The molecule has 0 aliphatic rings. The number of esters is 1. The van der Waals surface area contributed by atoms with E-state index in [1.165, 1.54) is 0 Å². The lowest BCUT2D eigenvalue weighted by Crippen LogP contribution is -2.31. The zero-order valence-corrected chi connectivity index (χ0v) is 27.4. The van der Waals surface area contributed by atoms with Crippen LogP contribution in [-0.4, -0.2) is 54.2 Å². The van der Waals surface area contributed by atoms with Crippen LogP contribution in [0.1, 0.15) is 45.1 Å². The van der Waals surface area contributed by atoms with Gasteiger partial charge in [-0.25, -0.2) is 4.98 Å². The standard InChI is InChI=1S/C31H35BrN2O4S3/c1-3-5-16-40(36)22-26(41(37)17-6-4-2)20-38-30(35)21-39-31-28(19-33)27(23-10-8-7-9-11-23)18-29(34-31)24-12-14-25(32)15-13-24/h7-15,18,26H,3-6,16-17,20-22H2,1-2H3. The predicted octanol–water partition coefficient (Wildman–Crippen LogP) is 7.15. The summed E-state index contributed by atoms with van der Waals surface area (Å²) < 4.78 is 31.9. The smallest absolute Gasteiger partial charge is 0.316 e. The third-order valence-corrected chi connectivity index (χ3v) is 11.2. The summed E-state index contributed by atoms with van der Waals surface area (Å²) in [5.74, 6) is 0.759. The Labute approximate surface area is 260 Å². The highest BCUT2D eigenvalue weighted by Gasteiger charge is 2.22. The highest BCUT2D eigenvalue weighted by atomic mass is 79.9. The topological polar surface area (TPSA) is 97.1 Å². The second-order valence-corrected chi connectivity index (χ2v) is 14.8. The number of hydrogen-bond donors (Lipinski definition) is 0. The maximum absolute atomic E-state index is 12.9. The van der Waals surface area contributed by atoms with Gasteiger partial charge in [-0.3, -0.25) is 13.2 Å². The van der Waals surface area contributed by atoms with E-state index in [0.29, 0.717) is 27.8 Å². The van der Waals surface area contributed by atoms with Crippen LogP contribution in [0.25, 0.3) is 22.4 Å². The molecule has 1 heterocycles. The first-order chi connectivity index (χ1) is 19.9. The molecule has 0 aliphatic heterocycles. The van der Waals surface area contributed by atoms with Crippen LogP contribution in [0.15, 0.2) is 70.2 Å². The van der Waals surface area contributed by atoms with Crippen LogP contribution >= 0.6 is 27.7 Å². The summed E-state index contributed by atoms with van der Waals surface area (Å²) in [7, 11) is -2.34. The average molecular weight is 676 g/mol. The molecule has 3 rings (SSSR count). The van der Waals surface area contributed by atoms with Crippen molar-refractivity contribution in [2.45, 2.75) is 49.8 Å². The number of rotatable bonds is 16. The molecular weight excluding hydrogens is 640 g/mol. The number of ether oxygens (including phenoxy) is 1. The molecule has 0 amide bonds. The molecule has 0 N–H and O–H groups in total. The maximum atomic E-state index is 12.9.